The summed E-state index contributed by atoms with van der Waals surface area (Å²) in [5, 5.41) is 3.42. The van der Waals surface area contributed by atoms with E-state index in [0.29, 0.717) is 46.1 Å². The smallest absolute Gasteiger partial charge is 0.416 e. The van der Waals surface area contributed by atoms with Crippen LogP contribution in [0.25, 0.3) is 0 Å². The Kier molecular flexibility index (Phi) is 7.35. The molecule has 196 valence electrons. The van der Waals surface area contributed by atoms with E-state index in [2.05, 4.69) is 10.3 Å². The lowest BCUT2D eigenvalue weighted by molar-refractivity contribution is -0.137. The Morgan fingerprint density at radius 3 is 2.49 bits per heavy atom. The molecule has 0 fully saturated rings. The van der Waals surface area contributed by atoms with Crippen LogP contribution in [0.15, 0.2) is 47.3 Å². The van der Waals surface area contributed by atoms with Crippen LogP contribution in [0, 0.1) is 0 Å². The van der Waals surface area contributed by atoms with E-state index in [9.17, 15) is 22.8 Å². The lowest BCUT2D eigenvalue weighted by Gasteiger charge is -2.29. The Bertz CT molecular complexity index is 1380. The van der Waals surface area contributed by atoms with Crippen molar-refractivity contribution in [1.29, 1.82) is 0 Å². The minimum atomic E-state index is -4.43. The Hall–Kier alpha value is -3.73. The van der Waals surface area contributed by atoms with Gasteiger partial charge in [-0.1, -0.05) is 23.7 Å². The number of aromatic nitrogens is 2. The summed E-state index contributed by atoms with van der Waals surface area (Å²) in [4.78, 5) is 37.7. The van der Waals surface area contributed by atoms with Crippen LogP contribution in [-0.4, -0.2) is 41.3 Å². The molecule has 8 nitrogen and oxygen atoms in total. The molecule has 1 amide bonds. The van der Waals surface area contributed by atoms with Crippen molar-refractivity contribution in [2.75, 3.05) is 26.1 Å². The topological polar surface area (TPSA) is 85.7 Å². The summed E-state index contributed by atoms with van der Waals surface area (Å²) in [6.07, 6.45) is -4.10. The van der Waals surface area contributed by atoms with Crippen molar-refractivity contribution in [2.45, 2.75) is 32.1 Å². The summed E-state index contributed by atoms with van der Waals surface area (Å²) in [5.41, 5.74) is 0.528. The number of methoxy groups -OCH3 is 1. The number of anilines is 1. The number of fused-ring (bicyclic) bond motifs is 1. The van der Waals surface area contributed by atoms with E-state index in [1.165, 1.54) is 31.3 Å². The third kappa shape index (κ3) is 5.36. The first kappa shape index (κ1) is 26.3. The van der Waals surface area contributed by atoms with E-state index in [4.69, 9.17) is 21.2 Å². The monoisotopic (exact) mass is 536 g/mol. The minimum absolute atomic E-state index is 0.0308. The first-order valence-electron chi connectivity index (χ1n) is 11.3. The number of rotatable bonds is 6. The van der Waals surface area contributed by atoms with Crippen molar-refractivity contribution >= 4 is 23.5 Å². The molecular formula is C25H24ClF3N4O4. The van der Waals surface area contributed by atoms with Crippen LogP contribution >= 0.6 is 11.6 Å². The SMILES string of the molecule is COc1cc(C(=O)N2CCc3nc(N[C@@H](C)c4ccc(C(F)(F)F)cc4)n(OC)c(=O)c3C2)ccc1Cl. The molecule has 0 bridgehead atoms. The molecule has 1 N–H and O–H groups in total. The van der Waals surface area contributed by atoms with Crippen LogP contribution in [0.5, 0.6) is 5.75 Å². The lowest BCUT2D eigenvalue weighted by Crippen LogP contribution is -2.42. The van der Waals surface area contributed by atoms with E-state index >= 15 is 0 Å². The number of amides is 1. The molecule has 1 aliphatic heterocycles. The number of carbonyl (C=O) groups is 1. The predicted octanol–water partition coefficient (Wildman–Crippen LogP) is 4.35. The highest BCUT2D eigenvalue weighted by molar-refractivity contribution is 6.32. The summed E-state index contributed by atoms with van der Waals surface area (Å²) in [6, 6.07) is 8.95. The summed E-state index contributed by atoms with van der Waals surface area (Å²) >= 11 is 6.06. The zero-order valence-corrected chi connectivity index (χ0v) is 21.0. The molecule has 0 unspecified atom stereocenters. The summed E-state index contributed by atoms with van der Waals surface area (Å²) in [7, 11) is 2.75. The Balaban J connectivity index is 1.57. The van der Waals surface area contributed by atoms with Crippen molar-refractivity contribution in [3.05, 3.63) is 85.8 Å². The molecule has 2 heterocycles. The molecule has 0 saturated heterocycles. The third-order valence-electron chi connectivity index (χ3n) is 6.14. The van der Waals surface area contributed by atoms with Crippen molar-refractivity contribution in [2.24, 2.45) is 0 Å². The van der Waals surface area contributed by atoms with E-state index < -0.39 is 23.3 Å². The Morgan fingerprint density at radius 2 is 1.86 bits per heavy atom. The van der Waals surface area contributed by atoms with Gasteiger partial charge in [0.05, 0.1) is 41.5 Å². The number of nitrogens with zero attached hydrogens (tertiary/aromatic N) is 3. The fraction of sp³-hybridized carbons (Fsp3) is 0.320. The predicted molar refractivity (Wildman–Crippen MR) is 131 cm³/mol. The molecule has 37 heavy (non-hydrogen) atoms. The zero-order chi connectivity index (χ0) is 26.9. The summed E-state index contributed by atoms with van der Waals surface area (Å²) < 4.78 is 44.8. The van der Waals surface area contributed by atoms with Gasteiger partial charge in [0.1, 0.15) is 12.9 Å². The number of ether oxygens (including phenoxy) is 1. The minimum Gasteiger partial charge on any atom is -0.495 e. The van der Waals surface area contributed by atoms with Gasteiger partial charge >= 0.3 is 6.18 Å². The number of hydrogen-bond donors (Lipinski definition) is 1. The molecular weight excluding hydrogens is 513 g/mol. The molecule has 3 aromatic rings. The maximum atomic E-state index is 13.2. The van der Waals surface area contributed by atoms with Crippen LogP contribution in [0.3, 0.4) is 0 Å². The number of nitrogens with one attached hydrogen (secondary N) is 1. The van der Waals surface area contributed by atoms with Crippen LogP contribution in [0.1, 0.15) is 45.7 Å². The molecule has 4 rings (SSSR count). The quantitative estimate of drug-likeness (QED) is 0.504. The number of halogens is 4. The average Bonchev–Trinajstić information content (AvgIpc) is 2.88. The Labute approximate surface area is 215 Å². The van der Waals surface area contributed by atoms with Crippen LogP contribution in [0.2, 0.25) is 5.02 Å². The van der Waals surface area contributed by atoms with Crippen molar-refractivity contribution in [3.63, 3.8) is 0 Å². The van der Waals surface area contributed by atoms with E-state index in [-0.39, 0.29) is 18.4 Å². The van der Waals surface area contributed by atoms with Gasteiger partial charge in [0.2, 0.25) is 5.95 Å². The maximum Gasteiger partial charge on any atom is 0.416 e. The van der Waals surface area contributed by atoms with Crippen LogP contribution < -0.4 is 20.5 Å². The summed E-state index contributed by atoms with van der Waals surface area (Å²) in [6.45, 7) is 2.09. The molecule has 2 aromatic carbocycles. The number of alkyl halides is 3. The van der Waals surface area contributed by atoms with Crippen LogP contribution in [0.4, 0.5) is 19.1 Å². The average molecular weight is 537 g/mol. The van der Waals surface area contributed by atoms with Gasteiger partial charge < -0.3 is 19.8 Å². The highest BCUT2D eigenvalue weighted by Crippen LogP contribution is 2.31. The van der Waals surface area contributed by atoms with Crippen molar-refractivity contribution in [1.82, 2.24) is 14.6 Å². The molecule has 0 radical (unpaired) electrons. The molecule has 12 heteroatoms. The van der Waals surface area contributed by atoms with E-state index in [0.717, 1.165) is 16.9 Å². The third-order valence-corrected chi connectivity index (χ3v) is 6.46. The van der Waals surface area contributed by atoms with E-state index in [1.54, 1.807) is 25.1 Å². The van der Waals surface area contributed by atoms with Crippen molar-refractivity contribution in [3.8, 4) is 5.75 Å². The molecule has 1 aromatic heterocycles. The second-order valence-corrected chi connectivity index (χ2v) is 8.86. The first-order chi connectivity index (χ1) is 17.5. The van der Waals surface area contributed by atoms with Gasteiger partial charge in [-0.15, -0.1) is 4.73 Å². The standard InChI is InChI=1S/C25H24ClF3N4O4/c1-14(15-4-7-17(8-5-15)25(27,28)29)30-24-31-20-10-11-32(13-18(20)23(35)33(24)37-3)22(34)16-6-9-19(26)21(12-16)36-2/h4-9,12,14H,10-11,13H2,1-3H3,(H,30,31)/t14-/m0/s1. The largest absolute Gasteiger partial charge is 0.495 e. The highest BCUT2D eigenvalue weighted by Gasteiger charge is 2.31. The second-order valence-electron chi connectivity index (χ2n) is 8.45. The lowest BCUT2D eigenvalue weighted by atomic mass is 10.0. The van der Waals surface area contributed by atoms with Crippen LogP contribution in [-0.2, 0) is 19.1 Å². The fourth-order valence-electron chi connectivity index (χ4n) is 4.11. The molecule has 1 aliphatic rings. The maximum absolute atomic E-state index is 13.2. The second kappa shape index (κ2) is 10.3. The number of hydrogen-bond acceptors (Lipinski definition) is 6. The number of carbonyl (C=O) groups excluding carboxylic acids is 1. The fourth-order valence-corrected chi connectivity index (χ4v) is 4.30. The van der Waals surface area contributed by atoms with Gasteiger partial charge in [0.15, 0.2) is 0 Å². The summed E-state index contributed by atoms with van der Waals surface area (Å²) in [5.74, 6) is 0.189. The first-order valence-corrected chi connectivity index (χ1v) is 11.7. The van der Waals surface area contributed by atoms with E-state index in [1.807, 2.05) is 0 Å². The van der Waals surface area contributed by atoms with Gasteiger partial charge in [0.25, 0.3) is 11.5 Å². The Morgan fingerprint density at radius 1 is 1.16 bits per heavy atom. The molecule has 0 spiro atoms. The van der Waals surface area contributed by atoms with Gasteiger partial charge in [-0.3, -0.25) is 9.59 Å². The van der Waals surface area contributed by atoms with Gasteiger partial charge in [0, 0.05) is 18.5 Å². The van der Waals surface area contributed by atoms with Gasteiger partial charge in [-0.2, -0.15) is 13.2 Å². The zero-order valence-electron chi connectivity index (χ0n) is 20.2. The van der Waals surface area contributed by atoms with Gasteiger partial charge in [-0.25, -0.2) is 4.98 Å². The molecule has 0 aliphatic carbocycles. The normalized spacial score (nSPS) is 14.1. The van der Waals surface area contributed by atoms with Gasteiger partial charge in [-0.05, 0) is 42.8 Å². The number of benzene rings is 2. The van der Waals surface area contributed by atoms with Crippen molar-refractivity contribution < 1.29 is 27.5 Å². The molecule has 0 saturated carbocycles. The highest BCUT2D eigenvalue weighted by atomic mass is 35.5. The molecule has 1 atom stereocenters.